The molecule has 0 spiro atoms. The van der Waals surface area contributed by atoms with Crippen LogP contribution in [-0.2, 0) is 9.59 Å². The van der Waals surface area contributed by atoms with E-state index in [4.69, 9.17) is 23.2 Å². The quantitative estimate of drug-likeness (QED) is 0.701. The van der Waals surface area contributed by atoms with Crippen LogP contribution in [0.1, 0.15) is 6.42 Å². The molecule has 2 aliphatic rings. The molecule has 0 aromatic carbocycles. The van der Waals surface area contributed by atoms with Crippen LogP contribution in [0.3, 0.4) is 0 Å². The Morgan fingerprint density at radius 1 is 0.882 bits per heavy atom. The van der Waals surface area contributed by atoms with E-state index in [1.165, 1.54) is 0 Å². The Morgan fingerprint density at radius 2 is 1.24 bits per heavy atom. The predicted octanol–water partition coefficient (Wildman–Crippen LogP) is 0.771. The van der Waals surface area contributed by atoms with Gasteiger partial charge in [0.1, 0.15) is 11.8 Å². The van der Waals surface area contributed by atoms with E-state index in [2.05, 4.69) is 0 Å². The summed E-state index contributed by atoms with van der Waals surface area (Å²) < 4.78 is 0. The van der Waals surface area contributed by atoms with Crippen LogP contribution in [0.5, 0.6) is 0 Å². The van der Waals surface area contributed by atoms with E-state index in [0.717, 1.165) is 6.42 Å². The predicted molar refractivity (Wildman–Crippen MR) is 66.2 cm³/mol. The van der Waals surface area contributed by atoms with Gasteiger partial charge in [0.25, 0.3) is 0 Å². The van der Waals surface area contributed by atoms with Gasteiger partial charge in [-0.05, 0) is 18.3 Å². The van der Waals surface area contributed by atoms with Crippen LogP contribution in [0.4, 0.5) is 0 Å². The third-order valence-electron chi connectivity index (χ3n) is 3.52. The van der Waals surface area contributed by atoms with E-state index in [9.17, 15) is 9.59 Å². The van der Waals surface area contributed by atoms with Gasteiger partial charge in [0.15, 0.2) is 0 Å². The van der Waals surface area contributed by atoms with E-state index >= 15 is 0 Å². The molecule has 4 nitrogen and oxygen atoms in total. The molecule has 6 heteroatoms. The summed E-state index contributed by atoms with van der Waals surface area (Å²) in [6, 6.07) is 0. The molecule has 0 aliphatic carbocycles. The zero-order valence-corrected chi connectivity index (χ0v) is 11.1. The molecule has 2 fully saturated rings. The molecule has 0 unspecified atom stereocenters. The molecule has 17 heavy (non-hydrogen) atoms. The maximum atomic E-state index is 11.6. The number of hydrogen-bond acceptors (Lipinski definition) is 2. The molecular weight excluding hydrogens is 263 g/mol. The Hall–Kier alpha value is -0.480. The smallest absolute Gasteiger partial charge is 0.237 e. The second-order valence-corrected chi connectivity index (χ2v) is 5.37. The minimum atomic E-state index is -0.00140. The molecule has 0 saturated carbocycles. The lowest BCUT2D eigenvalue weighted by molar-refractivity contribution is -0.137. The summed E-state index contributed by atoms with van der Waals surface area (Å²) in [5.41, 5.74) is 0. The highest BCUT2D eigenvalue weighted by Crippen LogP contribution is 2.28. The summed E-state index contributed by atoms with van der Waals surface area (Å²) >= 11 is 11.1. The monoisotopic (exact) mass is 278 g/mol. The number of piperidine rings is 2. The van der Waals surface area contributed by atoms with Crippen molar-refractivity contribution in [1.29, 1.82) is 0 Å². The fourth-order valence-electron chi connectivity index (χ4n) is 2.86. The normalized spacial score (nSPS) is 28.1. The van der Waals surface area contributed by atoms with Gasteiger partial charge in [0, 0.05) is 26.2 Å². The van der Waals surface area contributed by atoms with Gasteiger partial charge in [0.05, 0.1) is 0 Å². The van der Waals surface area contributed by atoms with Crippen molar-refractivity contribution >= 4 is 35.0 Å². The van der Waals surface area contributed by atoms with Crippen molar-refractivity contribution in [2.24, 2.45) is 11.8 Å². The van der Waals surface area contributed by atoms with Crippen LogP contribution in [0.15, 0.2) is 0 Å². The molecule has 96 valence electrons. The van der Waals surface area contributed by atoms with Crippen LogP contribution in [0.25, 0.3) is 0 Å². The lowest BCUT2D eigenvalue weighted by atomic mass is 9.84. The average Bonchev–Trinajstić information content (AvgIpc) is 2.35. The Labute approximate surface area is 111 Å². The largest absolute Gasteiger partial charge is 0.341 e. The molecule has 2 heterocycles. The van der Waals surface area contributed by atoms with Crippen molar-refractivity contribution in [2.45, 2.75) is 6.42 Å². The number of likely N-dealkylation sites (tertiary alicyclic amines) is 2. The standard InChI is InChI=1S/C11H16Cl2N2O2/c12-2-10(16)14-4-8-1-9(5-14)7-15(6-8)11(17)3-13/h8-9H,1-7H2. The first-order valence-electron chi connectivity index (χ1n) is 5.81. The molecule has 2 saturated heterocycles. The van der Waals surface area contributed by atoms with Gasteiger partial charge >= 0.3 is 0 Å². The van der Waals surface area contributed by atoms with Crippen molar-refractivity contribution in [2.75, 3.05) is 37.9 Å². The van der Waals surface area contributed by atoms with Gasteiger partial charge in [-0.1, -0.05) is 0 Å². The number of carbonyl (C=O) groups is 2. The Balaban J connectivity index is 1.98. The zero-order valence-electron chi connectivity index (χ0n) is 9.57. The second kappa shape index (κ2) is 5.44. The second-order valence-electron chi connectivity index (χ2n) is 4.83. The van der Waals surface area contributed by atoms with Crippen LogP contribution < -0.4 is 0 Å². The Kier molecular flexibility index (Phi) is 4.15. The first-order chi connectivity index (χ1) is 8.13. The van der Waals surface area contributed by atoms with Gasteiger partial charge < -0.3 is 9.80 Å². The Morgan fingerprint density at radius 3 is 1.53 bits per heavy atom. The summed E-state index contributed by atoms with van der Waals surface area (Å²) in [4.78, 5) is 26.8. The molecule has 2 bridgehead atoms. The van der Waals surface area contributed by atoms with E-state index in [-0.39, 0.29) is 23.6 Å². The summed E-state index contributed by atoms with van der Waals surface area (Å²) in [6.45, 7) is 2.87. The minimum absolute atomic E-state index is 0.00140. The van der Waals surface area contributed by atoms with E-state index < -0.39 is 0 Å². The van der Waals surface area contributed by atoms with E-state index in [1.54, 1.807) is 0 Å². The fourth-order valence-corrected chi connectivity index (χ4v) is 3.20. The fraction of sp³-hybridized carbons (Fsp3) is 0.818. The molecular formula is C11H16Cl2N2O2. The molecule has 0 atom stereocenters. The number of fused-ring (bicyclic) bond motifs is 2. The Bertz CT molecular complexity index is 283. The maximum absolute atomic E-state index is 11.6. The molecule has 2 aliphatic heterocycles. The van der Waals surface area contributed by atoms with Crippen molar-refractivity contribution in [1.82, 2.24) is 9.80 Å². The lowest BCUT2D eigenvalue weighted by Gasteiger charge is -2.45. The van der Waals surface area contributed by atoms with Crippen LogP contribution >= 0.6 is 23.2 Å². The molecule has 0 N–H and O–H groups in total. The molecule has 2 amide bonds. The zero-order chi connectivity index (χ0) is 12.4. The van der Waals surface area contributed by atoms with Crippen molar-refractivity contribution in [3.05, 3.63) is 0 Å². The number of alkyl halides is 2. The summed E-state index contributed by atoms with van der Waals surface area (Å²) in [6.07, 6.45) is 1.10. The number of rotatable bonds is 2. The number of halogens is 2. The molecule has 0 radical (unpaired) electrons. The summed E-state index contributed by atoms with van der Waals surface area (Å²) in [5.74, 6) is 0.841. The summed E-state index contributed by atoms with van der Waals surface area (Å²) in [7, 11) is 0. The maximum Gasteiger partial charge on any atom is 0.237 e. The van der Waals surface area contributed by atoms with Gasteiger partial charge in [-0.3, -0.25) is 9.59 Å². The van der Waals surface area contributed by atoms with Gasteiger partial charge in [-0.25, -0.2) is 0 Å². The minimum Gasteiger partial charge on any atom is -0.341 e. The average molecular weight is 279 g/mol. The molecule has 0 aromatic heterocycles. The van der Waals surface area contributed by atoms with E-state index in [1.807, 2.05) is 9.80 Å². The van der Waals surface area contributed by atoms with Crippen LogP contribution in [0.2, 0.25) is 0 Å². The van der Waals surface area contributed by atoms with Crippen LogP contribution in [-0.4, -0.2) is 59.6 Å². The van der Waals surface area contributed by atoms with Crippen molar-refractivity contribution < 1.29 is 9.59 Å². The molecule has 0 aromatic rings. The highest BCUT2D eigenvalue weighted by atomic mass is 35.5. The highest BCUT2D eigenvalue weighted by Gasteiger charge is 2.36. The topological polar surface area (TPSA) is 40.6 Å². The highest BCUT2D eigenvalue weighted by molar-refractivity contribution is 6.27. The van der Waals surface area contributed by atoms with Gasteiger partial charge in [-0.15, -0.1) is 23.2 Å². The first kappa shape index (κ1) is 13.0. The van der Waals surface area contributed by atoms with Crippen LogP contribution in [0, 0.1) is 11.8 Å². The number of hydrogen-bond donors (Lipinski definition) is 0. The van der Waals surface area contributed by atoms with Gasteiger partial charge in [0.2, 0.25) is 11.8 Å². The first-order valence-corrected chi connectivity index (χ1v) is 6.88. The van der Waals surface area contributed by atoms with Crippen molar-refractivity contribution in [3.8, 4) is 0 Å². The third-order valence-corrected chi connectivity index (χ3v) is 3.97. The van der Waals surface area contributed by atoms with E-state index in [0.29, 0.717) is 38.0 Å². The number of nitrogens with zero attached hydrogens (tertiary/aromatic N) is 2. The number of carbonyl (C=O) groups excluding carboxylic acids is 2. The third kappa shape index (κ3) is 2.86. The molecule has 2 rings (SSSR count). The van der Waals surface area contributed by atoms with Gasteiger partial charge in [-0.2, -0.15) is 0 Å². The lowest BCUT2D eigenvalue weighted by Crippen LogP contribution is -2.55. The summed E-state index contributed by atoms with van der Waals surface area (Å²) in [5, 5.41) is 0. The SMILES string of the molecule is O=C(CCl)N1CC2CC(C1)CN(C(=O)CCl)C2. The van der Waals surface area contributed by atoms with Crippen molar-refractivity contribution in [3.63, 3.8) is 0 Å². The number of amides is 2.